The highest BCUT2D eigenvalue weighted by molar-refractivity contribution is 5.78. The Morgan fingerprint density at radius 2 is 1.74 bits per heavy atom. The van der Waals surface area contributed by atoms with E-state index in [-0.39, 0.29) is 18.4 Å². The van der Waals surface area contributed by atoms with Crippen LogP contribution in [0.3, 0.4) is 0 Å². The molecule has 0 saturated carbocycles. The van der Waals surface area contributed by atoms with Crippen LogP contribution < -0.4 is 4.74 Å². The molecule has 23 heavy (non-hydrogen) atoms. The van der Waals surface area contributed by atoms with Crippen molar-refractivity contribution in [2.45, 2.75) is 32.6 Å². The van der Waals surface area contributed by atoms with Gasteiger partial charge in [0, 0.05) is 33.1 Å². The number of hydrogen-bond acceptors (Lipinski definition) is 3. The summed E-state index contributed by atoms with van der Waals surface area (Å²) in [5, 5.41) is 0. The summed E-state index contributed by atoms with van der Waals surface area (Å²) in [6.45, 7) is 4.06. The molecule has 3 rings (SSSR count). The molecule has 0 aromatic heterocycles. The van der Waals surface area contributed by atoms with Gasteiger partial charge in [0.1, 0.15) is 5.75 Å². The summed E-state index contributed by atoms with van der Waals surface area (Å²) in [5.41, 5.74) is 2.63. The summed E-state index contributed by atoms with van der Waals surface area (Å²) in [4.78, 5) is 27.2. The molecule has 0 unspecified atom stereocenters. The number of carbonyl (C=O) groups is 2. The molecule has 124 valence electrons. The Labute approximate surface area is 137 Å². The molecule has 5 nitrogen and oxygen atoms in total. The number of ether oxygens (including phenoxy) is 1. The van der Waals surface area contributed by atoms with Crippen molar-refractivity contribution < 1.29 is 14.3 Å². The minimum absolute atomic E-state index is 0.00149. The summed E-state index contributed by atoms with van der Waals surface area (Å²) in [6, 6.07) is 6.13. The van der Waals surface area contributed by atoms with Gasteiger partial charge in [0.15, 0.2) is 6.61 Å². The highest BCUT2D eigenvalue weighted by Crippen LogP contribution is 2.29. The van der Waals surface area contributed by atoms with Gasteiger partial charge < -0.3 is 14.5 Å². The lowest BCUT2D eigenvalue weighted by molar-refractivity contribution is -0.139. The van der Waals surface area contributed by atoms with Crippen molar-refractivity contribution in [2.75, 3.05) is 32.8 Å². The number of carbonyl (C=O) groups excluding carboxylic acids is 2. The summed E-state index contributed by atoms with van der Waals surface area (Å²) < 4.78 is 5.82. The lowest BCUT2D eigenvalue weighted by atomic mass is 9.91. The van der Waals surface area contributed by atoms with Gasteiger partial charge in [-0.15, -0.1) is 0 Å². The molecular formula is C18H24N2O3. The summed E-state index contributed by atoms with van der Waals surface area (Å²) >= 11 is 0. The van der Waals surface area contributed by atoms with Gasteiger partial charge in [-0.05, 0) is 42.9 Å². The molecule has 0 N–H and O–H groups in total. The number of amides is 2. The molecule has 2 amide bonds. The molecule has 1 aliphatic carbocycles. The molecule has 0 atom stereocenters. The second kappa shape index (κ2) is 7.02. The van der Waals surface area contributed by atoms with Crippen LogP contribution in [-0.2, 0) is 22.4 Å². The highest BCUT2D eigenvalue weighted by Gasteiger charge is 2.23. The first-order chi connectivity index (χ1) is 11.1. The average molecular weight is 316 g/mol. The average Bonchev–Trinajstić information content (AvgIpc) is 2.59. The number of benzene rings is 1. The molecule has 1 saturated heterocycles. The largest absolute Gasteiger partial charge is 0.483 e. The molecule has 1 aromatic rings. The van der Waals surface area contributed by atoms with Crippen molar-refractivity contribution in [3.8, 4) is 5.75 Å². The van der Waals surface area contributed by atoms with Crippen molar-refractivity contribution in [1.82, 2.24) is 9.80 Å². The van der Waals surface area contributed by atoms with Crippen LogP contribution in [0.25, 0.3) is 0 Å². The zero-order chi connectivity index (χ0) is 16.2. The first-order valence-corrected chi connectivity index (χ1v) is 8.42. The van der Waals surface area contributed by atoms with Crippen molar-refractivity contribution >= 4 is 11.8 Å². The van der Waals surface area contributed by atoms with E-state index in [0.717, 1.165) is 18.6 Å². The molecular weight excluding hydrogens is 292 g/mol. The van der Waals surface area contributed by atoms with Crippen LogP contribution in [-0.4, -0.2) is 54.4 Å². The van der Waals surface area contributed by atoms with Gasteiger partial charge in [-0.2, -0.15) is 0 Å². The number of fused-ring (bicyclic) bond motifs is 1. The first-order valence-electron chi connectivity index (χ1n) is 8.42. The third-order valence-electron chi connectivity index (χ3n) is 4.78. The van der Waals surface area contributed by atoms with Crippen molar-refractivity contribution in [1.29, 1.82) is 0 Å². The number of nitrogens with zero attached hydrogens (tertiary/aromatic N) is 2. The van der Waals surface area contributed by atoms with Crippen LogP contribution in [0.15, 0.2) is 18.2 Å². The fourth-order valence-corrected chi connectivity index (χ4v) is 3.38. The molecule has 1 fully saturated rings. The molecule has 1 aromatic carbocycles. The Balaban J connectivity index is 1.55. The summed E-state index contributed by atoms with van der Waals surface area (Å²) in [5.74, 6) is 0.934. The van der Waals surface area contributed by atoms with Crippen molar-refractivity contribution in [2.24, 2.45) is 0 Å². The van der Waals surface area contributed by atoms with E-state index in [1.54, 1.807) is 16.7 Å². The van der Waals surface area contributed by atoms with E-state index in [2.05, 4.69) is 6.07 Å². The third kappa shape index (κ3) is 3.66. The van der Waals surface area contributed by atoms with Crippen LogP contribution in [0, 0.1) is 0 Å². The lowest BCUT2D eigenvalue weighted by Crippen LogP contribution is -2.51. The highest BCUT2D eigenvalue weighted by atomic mass is 16.5. The SMILES string of the molecule is CC(=O)N1CCN(C(=O)COc2cccc3c2CCCC3)CC1. The molecule has 0 bridgehead atoms. The van der Waals surface area contributed by atoms with Crippen molar-refractivity contribution in [3.05, 3.63) is 29.3 Å². The van der Waals surface area contributed by atoms with Crippen LogP contribution >= 0.6 is 0 Å². The van der Waals surface area contributed by atoms with Crippen molar-refractivity contribution in [3.63, 3.8) is 0 Å². The van der Waals surface area contributed by atoms with Crippen LogP contribution in [0.5, 0.6) is 5.75 Å². The first kappa shape index (κ1) is 15.8. The second-order valence-corrected chi connectivity index (χ2v) is 6.28. The lowest BCUT2D eigenvalue weighted by Gasteiger charge is -2.34. The van der Waals surface area contributed by atoms with Gasteiger partial charge >= 0.3 is 0 Å². The maximum absolute atomic E-state index is 12.3. The van der Waals surface area contributed by atoms with Gasteiger partial charge in [0.05, 0.1) is 0 Å². The number of aryl methyl sites for hydroxylation is 1. The van der Waals surface area contributed by atoms with Crippen LogP contribution in [0.2, 0.25) is 0 Å². The fraction of sp³-hybridized carbons (Fsp3) is 0.556. The molecule has 0 spiro atoms. The van der Waals surface area contributed by atoms with Gasteiger partial charge in [0.25, 0.3) is 5.91 Å². The Kier molecular flexibility index (Phi) is 4.84. The Morgan fingerprint density at radius 3 is 2.48 bits per heavy atom. The molecule has 5 heteroatoms. The zero-order valence-corrected chi connectivity index (χ0v) is 13.7. The van der Waals surface area contributed by atoms with Gasteiger partial charge in [-0.25, -0.2) is 0 Å². The molecule has 1 aliphatic heterocycles. The quantitative estimate of drug-likeness (QED) is 0.852. The molecule has 2 aliphatic rings. The van der Waals surface area contributed by atoms with E-state index in [1.165, 1.54) is 24.0 Å². The maximum Gasteiger partial charge on any atom is 0.260 e. The number of piperazine rings is 1. The van der Waals surface area contributed by atoms with E-state index in [0.29, 0.717) is 26.2 Å². The standard InChI is InChI=1S/C18H24N2O3/c1-14(21)19-9-11-20(12-10-19)18(22)13-23-17-8-4-6-15-5-2-3-7-16(15)17/h4,6,8H,2-3,5,7,9-13H2,1H3. The van der Waals surface area contributed by atoms with E-state index in [1.807, 2.05) is 12.1 Å². The van der Waals surface area contributed by atoms with E-state index >= 15 is 0 Å². The summed E-state index contributed by atoms with van der Waals surface area (Å²) in [6.07, 6.45) is 4.56. The maximum atomic E-state index is 12.3. The van der Waals surface area contributed by atoms with Gasteiger partial charge in [-0.3, -0.25) is 9.59 Å². The Hall–Kier alpha value is -2.04. The minimum atomic E-state index is 0.00149. The molecule has 1 heterocycles. The van der Waals surface area contributed by atoms with E-state index in [4.69, 9.17) is 4.74 Å². The smallest absolute Gasteiger partial charge is 0.260 e. The Morgan fingerprint density at radius 1 is 1.04 bits per heavy atom. The number of hydrogen-bond donors (Lipinski definition) is 0. The fourth-order valence-electron chi connectivity index (χ4n) is 3.38. The third-order valence-corrected chi connectivity index (χ3v) is 4.78. The van der Waals surface area contributed by atoms with Gasteiger partial charge in [-0.1, -0.05) is 12.1 Å². The predicted molar refractivity (Wildman–Crippen MR) is 87.4 cm³/mol. The monoisotopic (exact) mass is 316 g/mol. The summed E-state index contributed by atoms with van der Waals surface area (Å²) in [7, 11) is 0. The molecule has 0 radical (unpaired) electrons. The number of rotatable bonds is 3. The van der Waals surface area contributed by atoms with E-state index < -0.39 is 0 Å². The van der Waals surface area contributed by atoms with Crippen LogP contribution in [0.1, 0.15) is 30.9 Å². The topological polar surface area (TPSA) is 49.9 Å². The predicted octanol–water partition coefficient (Wildman–Crippen LogP) is 1.63. The normalized spacial score (nSPS) is 17.6. The zero-order valence-electron chi connectivity index (χ0n) is 13.7. The van der Waals surface area contributed by atoms with Crippen LogP contribution in [0.4, 0.5) is 0 Å². The second-order valence-electron chi connectivity index (χ2n) is 6.28. The van der Waals surface area contributed by atoms with Gasteiger partial charge in [0.2, 0.25) is 5.91 Å². The van der Waals surface area contributed by atoms with E-state index in [9.17, 15) is 9.59 Å². The minimum Gasteiger partial charge on any atom is -0.483 e. The Bertz CT molecular complexity index is 592.